The molecule has 0 spiro atoms. The van der Waals surface area contributed by atoms with E-state index in [0.717, 1.165) is 48.8 Å². The molecule has 0 N–H and O–H groups in total. The van der Waals surface area contributed by atoms with Crippen LogP contribution in [0.25, 0.3) is 0 Å². The molecule has 0 aromatic heterocycles. The average Bonchev–Trinajstić information content (AvgIpc) is 2.77. The van der Waals surface area contributed by atoms with Crippen LogP contribution in [-0.2, 0) is 11.2 Å². The van der Waals surface area contributed by atoms with Gasteiger partial charge in [-0.1, -0.05) is 51.8 Å². The molecule has 3 nitrogen and oxygen atoms in total. The van der Waals surface area contributed by atoms with E-state index in [4.69, 9.17) is 4.74 Å². The molecule has 0 radical (unpaired) electrons. The Hall–Kier alpha value is -1.14. The topological polar surface area (TPSA) is 12.2 Å². The van der Waals surface area contributed by atoms with E-state index in [1.807, 2.05) is 30.1 Å². The predicted octanol–water partition coefficient (Wildman–Crippen LogP) is 4.45. The van der Waals surface area contributed by atoms with E-state index in [1.54, 1.807) is 0 Å². The zero-order valence-electron chi connectivity index (χ0n) is 18.0. The average molecular weight is 480 g/mol. The Morgan fingerprint density at radius 1 is 1.03 bits per heavy atom. The molecule has 2 aliphatic rings. The van der Waals surface area contributed by atoms with Crippen LogP contribution in [0.1, 0.15) is 16.7 Å². The molecule has 0 bridgehead atoms. The number of hydrogen-bond donors (Lipinski definition) is 1. The van der Waals surface area contributed by atoms with Gasteiger partial charge in [0, 0.05) is 16.9 Å². The number of fused-ring (bicyclic) bond motifs is 1. The largest absolute Gasteiger partial charge is 0.370 e. The number of halogens is 1. The van der Waals surface area contributed by atoms with E-state index in [-0.39, 0.29) is 0 Å². The van der Waals surface area contributed by atoms with E-state index in [1.165, 1.54) is 29.7 Å². The van der Waals surface area contributed by atoms with Crippen LogP contribution in [0.15, 0.2) is 53.4 Å². The van der Waals surface area contributed by atoms with Crippen LogP contribution >= 0.6 is 28.6 Å². The standard InChI is InChI=1S/C16H24N2O.C7H8S.CH3Br/c1-18(10-12-19-13-11-18)9-8-17-7-6-15-4-2-3-5-16(15)14-17;1-6-2-4-7(8)5-3-6;1-2/h2-5,14H,6-13H2,1H3;2-5,8H,1H3;1H3/q+2;;. The van der Waals surface area contributed by atoms with Crippen LogP contribution in [0.2, 0.25) is 0 Å². The second kappa shape index (κ2) is 12.5. The zero-order valence-corrected chi connectivity index (χ0v) is 20.5. The minimum atomic E-state index is 0.920. The van der Waals surface area contributed by atoms with Gasteiger partial charge in [0.25, 0.3) is 0 Å². The van der Waals surface area contributed by atoms with Crippen molar-refractivity contribution in [2.45, 2.75) is 18.2 Å². The number of benzene rings is 2. The van der Waals surface area contributed by atoms with Gasteiger partial charge in [-0.25, -0.2) is 4.58 Å². The summed E-state index contributed by atoms with van der Waals surface area (Å²) in [5, 5.41) is 0. The summed E-state index contributed by atoms with van der Waals surface area (Å²) in [7, 11) is 2.36. The Kier molecular flexibility index (Phi) is 10.4. The maximum absolute atomic E-state index is 5.47. The van der Waals surface area contributed by atoms with Crippen LogP contribution in [0.5, 0.6) is 0 Å². The number of morpholine rings is 1. The third-order valence-electron chi connectivity index (χ3n) is 5.56. The van der Waals surface area contributed by atoms with Gasteiger partial charge in [0.15, 0.2) is 12.8 Å². The van der Waals surface area contributed by atoms with Gasteiger partial charge in [-0.15, -0.1) is 12.6 Å². The number of aryl methyl sites for hydroxylation is 1. The van der Waals surface area contributed by atoms with Crippen molar-refractivity contribution in [3.63, 3.8) is 0 Å². The highest BCUT2D eigenvalue weighted by molar-refractivity contribution is 9.08. The summed E-state index contributed by atoms with van der Waals surface area (Å²) in [5.41, 5.74) is 4.17. The Bertz CT molecular complexity index is 750. The third-order valence-corrected chi connectivity index (χ3v) is 5.86. The molecule has 2 heterocycles. The van der Waals surface area contributed by atoms with Crippen molar-refractivity contribution >= 4 is 34.8 Å². The zero-order chi connectivity index (χ0) is 21.1. The van der Waals surface area contributed by atoms with Crippen molar-refractivity contribution in [2.75, 3.05) is 58.8 Å². The minimum absolute atomic E-state index is 0.920. The van der Waals surface area contributed by atoms with Crippen LogP contribution in [0.3, 0.4) is 0 Å². The van der Waals surface area contributed by atoms with Crippen LogP contribution < -0.4 is 0 Å². The number of thiol groups is 1. The second-order valence-electron chi connectivity index (χ2n) is 7.85. The lowest BCUT2D eigenvalue weighted by atomic mass is 10.0. The van der Waals surface area contributed by atoms with Crippen LogP contribution in [0, 0.1) is 6.92 Å². The summed E-state index contributed by atoms with van der Waals surface area (Å²) in [6.07, 6.45) is 3.52. The molecule has 0 unspecified atom stereocenters. The van der Waals surface area contributed by atoms with E-state index < -0.39 is 0 Å². The normalized spacial score (nSPS) is 16.9. The highest BCUT2D eigenvalue weighted by Crippen LogP contribution is 2.12. The quantitative estimate of drug-likeness (QED) is 0.297. The van der Waals surface area contributed by atoms with Crippen molar-refractivity contribution in [2.24, 2.45) is 0 Å². The summed E-state index contributed by atoms with van der Waals surface area (Å²) < 4.78 is 9.11. The lowest BCUT2D eigenvalue weighted by molar-refractivity contribution is -0.923. The summed E-state index contributed by atoms with van der Waals surface area (Å²) in [6.45, 7) is 9.76. The SMILES string of the molecule is CBr.C[N+]1(CC[N+]2=Cc3ccccc3CC2)CCOCC1.Cc1ccc(S)cc1. The molecule has 2 aliphatic heterocycles. The summed E-state index contributed by atoms with van der Waals surface area (Å²) in [6, 6.07) is 16.8. The molecular formula is C24H35BrN2OS+2. The molecular weight excluding hydrogens is 444 g/mol. The number of nitrogens with zero attached hydrogens (tertiary/aromatic N) is 2. The van der Waals surface area contributed by atoms with Gasteiger partial charge >= 0.3 is 0 Å². The number of rotatable bonds is 3. The van der Waals surface area contributed by atoms with Crippen molar-refractivity contribution in [3.8, 4) is 0 Å². The molecule has 2 aromatic rings. The smallest absolute Gasteiger partial charge is 0.191 e. The number of hydrogen-bond acceptors (Lipinski definition) is 2. The van der Waals surface area contributed by atoms with Crippen LogP contribution in [0.4, 0.5) is 0 Å². The maximum atomic E-state index is 5.47. The lowest BCUT2D eigenvalue weighted by Gasteiger charge is -2.36. The van der Waals surface area contributed by atoms with Gasteiger partial charge < -0.3 is 9.22 Å². The van der Waals surface area contributed by atoms with Gasteiger partial charge in [0.05, 0.1) is 20.3 Å². The molecule has 0 atom stereocenters. The van der Waals surface area contributed by atoms with Gasteiger partial charge in [-0.2, -0.15) is 0 Å². The Balaban J connectivity index is 0.000000252. The highest BCUT2D eigenvalue weighted by Gasteiger charge is 2.27. The van der Waals surface area contributed by atoms with Crippen molar-refractivity contribution in [1.82, 2.24) is 0 Å². The number of alkyl halides is 1. The summed E-state index contributed by atoms with van der Waals surface area (Å²) in [5.74, 6) is 1.81. The maximum Gasteiger partial charge on any atom is 0.191 e. The Morgan fingerprint density at radius 2 is 1.69 bits per heavy atom. The highest BCUT2D eigenvalue weighted by atomic mass is 79.9. The van der Waals surface area contributed by atoms with Gasteiger partial charge in [-0.05, 0) is 36.5 Å². The van der Waals surface area contributed by atoms with E-state index in [0.29, 0.717) is 0 Å². The first-order chi connectivity index (χ1) is 14.0. The van der Waals surface area contributed by atoms with Crippen molar-refractivity contribution < 1.29 is 13.8 Å². The van der Waals surface area contributed by atoms with Crippen LogP contribution in [-0.4, -0.2) is 74.1 Å². The second-order valence-corrected chi connectivity index (χ2v) is 8.37. The Labute approximate surface area is 190 Å². The van der Waals surface area contributed by atoms with Crippen molar-refractivity contribution in [3.05, 3.63) is 65.2 Å². The van der Waals surface area contributed by atoms with E-state index in [2.05, 4.69) is 77.6 Å². The Morgan fingerprint density at radius 3 is 2.34 bits per heavy atom. The van der Waals surface area contributed by atoms with Gasteiger partial charge in [0.1, 0.15) is 26.2 Å². The lowest BCUT2D eigenvalue weighted by Crippen LogP contribution is -2.54. The third kappa shape index (κ3) is 8.25. The molecule has 5 heteroatoms. The van der Waals surface area contributed by atoms with E-state index >= 15 is 0 Å². The number of quaternary nitrogens is 1. The molecule has 158 valence electrons. The fraction of sp³-hybridized carbons (Fsp3) is 0.458. The molecule has 1 saturated heterocycles. The van der Waals surface area contributed by atoms with Crippen molar-refractivity contribution in [1.29, 1.82) is 0 Å². The first kappa shape index (κ1) is 24.1. The first-order valence-corrected chi connectivity index (χ1v) is 12.3. The fourth-order valence-corrected chi connectivity index (χ4v) is 3.66. The summed E-state index contributed by atoms with van der Waals surface area (Å²) >= 11 is 7.07. The molecule has 1 fully saturated rings. The minimum Gasteiger partial charge on any atom is -0.370 e. The first-order valence-electron chi connectivity index (χ1n) is 10.3. The molecule has 4 rings (SSSR count). The van der Waals surface area contributed by atoms with Gasteiger partial charge in [-0.3, -0.25) is 0 Å². The number of likely N-dealkylation sites (N-methyl/N-ethyl adjacent to an activating group) is 1. The monoisotopic (exact) mass is 478 g/mol. The molecule has 2 aromatic carbocycles. The van der Waals surface area contributed by atoms with E-state index in [9.17, 15) is 0 Å². The fourth-order valence-electron chi connectivity index (χ4n) is 3.51. The summed E-state index contributed by atoms with van der Waals surface area (Å²) in [4.78, 5) is 1.02. The molecule has 0 aliphatic carbocycles. The predicted molar refractivity (Wildman–Crippen MR) is 130 cm³/mol. The molecule has 0 saturated carbocycles. The van der Waals surface area contributed by atoms with Gasteiger partial charge in [0.2, 0.25) is 0 Å². The molecule has 29 heavy (non-hydrogen) atoms. The number of ether oxygens (including phenoxy) is 1. The molecule has 0 amide bonds.